The highest BCUT2D eigenvalue weighted by Gasteiger charge is 2.15. The van der Waals surface area contributed by atoms with E-state index in [1.165, 1.54) is 12.1 Å². The molecule has 0 unspecified atom stereocenters. The molecule has 0 amide bonds. The molecule has 1 N–H and O–H groups in total. The molecule has 0 aliphatic carbocycles. The molecule has 5 rings (SSSR count). The second kappa shape index (κ2) is 7.15. The molecule has 0 aliphatic rings. The maximum atomic E-state index is 13.4. The van der Waals surface area contributed by atoms with Gasteiger partial charge in [-0.25, -0.2) is 9.37 Å². The minimum absolute atomic E-state index is 0.214. The Balaban J connectivity index is 1.77. The van der Waals surface area contributed by atoms with E-state index in [-0.39, 0.29) is 11.6 Å². The summed E-state index contributed by atoms with van der Waals surface area (Å²) in [5.74, 6) is -0.0377. The van der Waals surface area contributed by atoms with Crippen molar-refractivity contribution >= 4 is 21.6 Å². The number of aromatic hydroxyl groups is 1. The molecule has 0 bridgehead atoms. The van der Waals surface area contributed by atoms with Crippen LogP contribution in [-0.4, -0.2) is 10.1 Å². The van der Waals surface area contributed by atoms with Gasteiger partial charge in [-0.2, -0.15) is 0 Å². The summed E-state index contributed by atoms with van der Waals surface area (Å²) in [6.07, 6.45) is 0. The molecule has 140 valence electrons. The van der Waals surface area contributed by atoms with Crippen molar-refractivity contribution in [3.8, 4) is 38.6 Å². The average molecular weight is 397 g/mol. The molecule has 0 saturated heterocycles. The number of benzene rings is 4. The summed E-state index contributed by atoms with van der Waals surface area (Å²) >= 11 is 1.54. The van der Waals surface area contributed by atoms with Crippen molar-refractivity contribution in [2.45, 2.75) is 0 Å². The molecule has 4 aromatic carbocycles. The fraction of sp³-hybridized carbons (Fsp3) is 0. The van der Waals surface area contributed by atoms with E-state index in [9.17, 15) is 9.50 Å². The third kappa shape index (κ3) is 3.28. The van der Waals surface area contributed by atoms with Gasteiger partial charge in [-0.1, -0.05) is 54.6 Å². The van der Waals surface area contributed by atoms with E-state index in [0.717, 1.165) is 43.0 Å². The summed E-state index contributed by atoms with van der Waals surface area (Å²) in [5.41, 5.74) is 5.64. The molecular weight excluding hydrogens is 381 g/mol. The zero-order valence-electron chi connectivity index (χ0n) is 15.3. The molecular formula is C25H16FNOS. The first-order valence-electron chi connectivity index (χ1n) is 9.23. The van der Waals surface area contributed by atoms with E-state index in [0.29, 0.717) is 0 Å². The number of phenolic OH excluding ortho intramolecular Hbond substituents is 1. The Morgan fingerprint density at radius 1 is 0.690 bits per heavy atom. The molecule has 29 heavy (non-hydrogen) atoms. The standard InChI is InChI=1S/C25H16FNOS/c26-19-12-10-16(11-13-19)18-14-21(17-6-2-1-3-7-17)24-23(15-18)29-25(27-24)20-8-4-5-9-22(20)28/h1-15,28H. The van der Waals surface area contributed by atoms with Gasteiger partial charge in [-0.05, 0) is 53.1 Å². The summed E-state index contributed by atoms with van der Waals surface area (Å²) in [6, 6.07) is 28.0. The van der Waals surface area contributed by atoms with Crippen molar-refractivity contribution in [1.82, 2.24) is 4.98 Å². The van der Waals surface area contributed by atoms with Crippen molar-refractivity contribution in [2.24, 2.45) is 0 Å². The number of hydrogen-bond acceptors (Lipinski definition) is 3. The van der Waals surface area contributed by atoms with Gasteiger partial charge in [0.25, 0.3) is 0 Å². The lowest BCUT2D eigenvalue weighted by molar-refractivity contribution is 0.477. The van der Waals surface area contributed by atoms with Crippen molar-refractivity contribution in [3.05, 3.63) is 96.8 Å². The summed E-state index contributed by atoms with van der Waals surface area (Å²) in [7, 11) is 0. The Kier molecular flexibility index (Phi) is 4.34. The van der Waals surface area contributed by atoms with E-state index >= 15 is 0 Å². The maximum Gasteiger partial charge on any atom is 0.128 e. The zero-order chi connectivity index (χ0) is 19.8. The Morgan fingerprint density at radius 3 is 2.17 bits per heavy atom. The predicted octanol–water partition coefficient (Wildman–Crippen LogP) is 7.14. The van der Waals surface area contributed by atoms with Crippen LogP contribution in [-0.2, 0) is 0 Å². The number of thiazole rings is 1. The van der Waals surface area contributed by atoms with Gasteiger partial charge in [-0.3, -0.25) is 0 Å². The lowest BCUT2D eigenvalue weighted by atomic mass is 9.98. The van der Waals surface area contributed by atoms with Gasteiger partial charge in [0.2, 0.25) is 0 Å². The van der Waals surface area contributed by atoms with Gasteiger partial charge in [0.1, 0.15) is 16.6 Å². The van der Waals surface area contributed by atoms with Crippen molar-refractivity contribution in [3.63, 3.8) is 0 Å². The summed E-state index contributed by atoms with van der Waals surface area (Å²) in [6.45, 7) is 0. The third-order valence-electron chi connectivity index (χ3n) is 4.89. The first-order chi connectivity index (χ1) is 14.2. The Morgan fingerprint density at radius 2 is 1.41 bits per heavy atom. The molecule has 0 spiro atoms. The van der Waals surface area contributed by atoms with Gasteiger partial charge in [-0.15, -0.1) is 11.3 Å². The number of fused-ring (bicyclic) bond motifs is 1. The number of aromatic nitrogens is 1. The predicted molar refractivity (Wildman–Crippen MR) is 118 cm³/mol. The lowest BCUT2D eigenvalue weighted by Crippen LogP contribution is -1.85. The van der Waals surface area contributed by atoms with Gasteiger partial charge in [0.15, 0.2) is 0 Å². The topological polar surface area (TPSA) is 33.1 Å². The third-order valence-corrected chi connectivity index (χ3v) is 5.93. The number of rotatable bonds is 3. The summed E-state index contributed by atoms with van der Waals surface area (Å²) in [5, 5.41) is 11.0. The number of hydrogen-bond donors (Lipinski definition) is 1. The first-order valence-corrected chi connectivity index (χ1v) is 10.0. The molecule has 1 aromatic heterocycles. The van der Waals surface area contributed by atoms with E-state index in [4.69, 9.17) is 4.98 Å². The highest BCUT2D eigenvalue weighted by Crippen LogP contribution is 2.41. The lowest BCUT2D eigenvalue weighted by Gasteiger charge is -2.08. The van der Waals surface area contributed by atoms with Crippen LogP contribution in [0.4, 0.5) is 4.39 Å². The minimum atomic E-state index is -0.252. The van der Waals surface area contributed by atoms with Crippen LogP contribution >= 0.6 is 11.3 Å². The van der Waals surface area contributed by atoms with Crippen molar-refractivity contribution in [1.29, 1.82) is 0 Å². The largest absolute Gasteiger partial charge is 0.507 e. The van der Waals surface area contributed by atoms with Crippen LogP contribution in [0.5, 0.6) is 5.75 Å². The maximum absolute atomic E-state index is 13.4. The smallest absolute Gasteiger partial charge is 0.128 e. The van der Waals surface area contributed by atoms with E-state index in [2.05, 4.69) is 24.3 Å². The zero-order valence-corrected chi connectivity index (χ0v) is 16.2. The molecule has 0 radical (unpaired) electrons. The second-order valence-electron chi connectivity index (χ2n) is 6.78. The first kappa shape index (κ1) is 17.6. The van der Waals surface area contributed by atoms with Crippen LogP contribution in [0, 0.1) is 5.82 Å². The molecule has 0 aliphatic heterocycles. The van der Waals surface area contributed by atoms with Crippen LogP contribution in [0.1, 0.15) is 0 Å². The highest BCUT2D eigenvalue weighted by atomic mass is 32.1. The summed E-state index contributed by atoms with van der Waals surface area (Å²) in [4.78, 5) is 4.87. The number of nitrogens with zero attached hydrogens (tertiary/aromatic N) is 1. The monoisotopic (exact) mass is 397 g/mol. The van der Waals surface area contributed by atoms with E-state index < -0.39 is 0 Å². The van der Waals surface area contributed by atoms with Gasteiger partial charge >= 0.3 is 0 Å². The summed E-state index contributed by atoms with van der Waals surface area (Å²) < 4.78 is 14.4. The number of halogens is 1. The van der Waals surface area contributed by atoms with Crippen LogP contribution in [0.2, 0.25) is 0 Å². The number of phenols is 1. The quantitative estimate of drug-likeness (QED) is 0.351. The van der Waals surface area contributed by atoms with Crippen molar-refractivity contribution in [2.75, 3.05) is 0 Å². The minimum Gasteiger partial charge on any atom is -0.507 e. The second-order valence-corrected chi connectivity index (χ2v) is 7.81. The fourth-order valence-corrected chi connectivity index (χ4v) is 4.51. The Hall–Kier alpha value is -3.50. The molecule has 0 atom stereocenters. The Bertz CT molecular complexity index is 1310. The SMILES string of the molecule is Oc1ccccc1-c1nc2c(-c3ccccc3)cc(-c3ccc(F)cc3)cc2s1. The normalized spacial score (nSPS) is 11.1. The van der Waals surface area contributed by atoms with E-state index in [1.54, 1.807) is 35.6 Å². The molecule has 5 aromatic rings. The fourth-order valence-electron chi connectivity index (χ4n) is 3.45. The van der Waals surface area contributed by atoms with Gasteiger partial charge in [0, 0.05) is 5.56 Å². The van der Waals surface area contributed by atoms with Crippen LogP contribution in [0.3, 0.4) is 0 Å². The average Bonchev–Trinajstić information content (AvgIpc) is 3.18. The van der Waals surface area contributed by atoms with E-state index in [1.807, 2.05) is 30.3 Å². The van der Waals surface area contributed by atoms with Crippen LogP contribution in [0.15, 0.2) is 91.0 Å². The molecule has 0 fully saturated rings. The van der Waals surface area contributed by atoms with Gasteiger partial charge in [0.05, 0.1) is 15.8 Å². The highest BCUT2D eigenvalue weighted by molar-refractivity contribution is 7.21. The molecule has 0 saturated carbocycles. The molecule has 2 nitrogen and oxygen atoms in total. The molecule has 1 heterocycles. The van der Waals surface area contributed by atoms with Crippen molar-refractivity contribution < 1.29 is 9.50 Å². The van der Waals surface area contributed by atoms with Crippen LogP contribution < -0.4 is 0 Å². The number of para-hydroxylation sites is 1. The van der Waals surface area contributed by atoms with Crippen LogP contribution in [0.25, 0.3) is 43.0 Å². The molecule has 4 heteroatoms. The van der Waals surface area contributed by atoms with Gasteiger partial charge < -0.3 is 5.11 Å². The Labute approximate surface area is 171 Å².